The zero-order chi connectivity index (χ0) is 20.8. The van der Waals surface area contributed by atoms with Crippen molar-refractivity contribution in [3.05, 3.63) is 95.1 Å². The van der Waals surface area contributed by atoms with Gasteiger partial charge in [-0.25, -0.2) is 0 Å². The number of carbonyl (C=O) groups excluding carboxylic acids is 1. The third kappa shape index (κ3) is 2.76. The Morgan fingerprint density at radius 2 is 1.30 bits per heavy atom. The van der Waals surface area contributed by atoms with Gasteiger partial charge in [-0.05, 0) is 46.2 Å². The van der Waals surface area contributed by atoms with Crippen molar-refractivity contribution in [2.45, 2.75) is 25.7 Å². The third-order valence-electron chi connectivity index (χ3n) is 6.93. The summed E-state index contributed by atoms with van der Waals surface area (Å²) in [5.41, 5.74) is 6.12. The van der Waals surface area contributed by atoms with Gasteiger partial charge in [0.25, 0.3) is 0 Å². The molecule has 1 amide bonds. The molecule has 2 unspecified atom stereocenters. The van der Waals surface area contributed by atoms with E-state index in [9.17, 15) is 4.79 Å². The molecule has 2 atom stereocenters. The second-order valence-corrected chi connectivity index (χ2v) is 8.75. The molecule has 3 aliphatic carbocycles. The molecule has 1 N–H and O–H groups in total. The number of hydrogen-bond acceptors (Lipinski definition) is 2. The number of methoxy groups -OCH3 is 1. The Hall–Kier alpha value is -3.07. The first-order valence-corrected chi connectivity index (χ1v) is 10.7. The topological polar surface area (TPSA) is 38.3 Å². The van der Waals surface area contributed by atoms with Crippen LogP contribution in [0.2, 0.25) is 0 Å². The minimum Gasteiger partial charge on any atom is -0.495 e. The molecule has 0 radical (unpaired) electrons. The summed E-state index contributed by atoms with van der Waals surface area (Å²) in [5.74, 6) is 1.60. The first kappa shape index (κ1) is 18.9. The molecule has 6 rings (SSSR count). The molecular formula is C27H27NO2. The highest BCUT2D eigenvalue weighted by molar-refractivity contribution is 5.96. The summed E-state index contributed by atoms with van der Waals surface area (Å²) in [6.07, 6.45) is 0. The van der Waals surface area contributed by atoms with Gasteiger partial charge in [-0.2, -0.15) is 0 Å². The molecule has 0 heterocycles. The van der Waals surface area contributed by atoms with E-state index in [1.165, 1.54) is 22.3 Å². The Bertz CT molecular complexity index is 1060. The molecule has 3 aliphatic rings. The average Bonchev–Trinajstić information content (AvgIpc) is 2.78. The monoisotopic (exact) mass is 397 g/mol. The summed E-state index contributed by atoms with van der Waals surface area (Å²) in [5, 5.41) is 3.20. The minimum absolute atomic E-state index is 0.0736. The van der Waals surface area contributed by atoms with E-state index < -0.39 is 0 Å². The second-order valence-electron chi connectivity index (χ2n) is 8.75. The largest absolute Gasteiger partial charge is 0.495 e. The van der Waals surface area contributed by atoms with Crippen LogP contribution in [0.1, 0.15) is 47.9 Å². The normalized spacial score (nSPS) is 23.6. The van der Waals surface area contributed by atoms with Crippen molar-refractivity contribution in [2.24, 2.45) is 17.8 Å². The van der Waals surface area contributed by atoms with Gasteiger partial charge in [-0.15, -0.1) is 0 Å². The van der Waals surface area contributed by atoms with Crippen LogP contribution in [0.4, 0.5) is 5.69 Å². The van der Waals surface area contributed by atoms with Gasteiger partial charge in [0.15, 0.2) is 0 Å². The minimum atomic E-state index is -0.121. The lowest BCUT2D eigenvalue weighted by molar-refractivity contribution is -0.123. The molecule has 3 nitrogen and oxygen atoms in total. The highest BCUT2D eigenvalue weighted by atomic mass is 16.5. The molecule has 0 aliphatic heterocycles. The quantitative estimate of drug-likeness (QED) is 0.603. The number of rotatable bonds is 4. The molecule has 30 heavy (non-hydrogen) atoms. The van der Waals surface area contributed by atoms with Gasteiger partial charge in [0, 0.05) is 11.8 Å². The van der Waals surface area contributed by atoms with Gasteiger partial charge >= 0.3 is 0 Å². The Morgan fingerprint density at radius 1 is 0.800 bits per heavy atom. The molecular weight excluding hydrogens is 370 g/mol. The zero-order valence-corrected chi connectivity index (χ0v) is 17.6. The van der Waals surface area contributed by atoms with Gasteiger partial charge in [-0.3, -0.25) is 4.79 Å². The SMILES string of the molecule is COc1ccccc1NC(=O)C1C2c3ccccc3C(c3ccccc32)C1C(C)C. The Balaban J connectivity index is 1.64. The molecule has 0 aromatic heterocycles. The van der Waals surface area contributed by atoms with Crippen LogP contribution in [0.25, 0.3) is 0 Å². The molecule has 3 aromatic carbocycles. The Labute approximate surface area is 178 Å². The second kappa shape index (κ2) is 7.32. The molecule has 0 spiro atoms. The summed E-state index contributed by atoms with van der Waals surface area (Å²) in [6, 6.07) is 25.0. The fourth-order valence-electron chi connectivity index (χ4n) is 5.81. The molecule has 2 bridgehead atoms. The van der Waals surface area contributed by atoms with Gasteiger partial charge in [0.2, 0.25) is 5.91 Å². The number of nitrogens with one attached hydrogen (secondary N) is 1. The van der Waals surface area contributed by atoms with Crippen molar-refractivity contribution in [2.75, 3.05) is 12.4 Å². The molecule has 0 saturated carbocycles. The fourth-order valence-corrected chi connectivity index (χ4v) is 5.81. The van der Waals surface area contributed by atoms with Crippen molar-refractivity contribution in [3.8, 4) is 5.75 Å². The number of benzene rings is 3. The highest BCUT2D eigenvalue weighted by Crippen LogP contribution is 2.60. The molecule has 3 heteroatoms. The molecule has 0 saturated heterocycles. The van der Waals surface area contributed by atoms with E-state index in [1.54, 1.807) is 7.11 Å². The van der Waals surface area contributed by atoms with E-state index in [4.69, 9.17) is 4.74 Å². The van der Waals surface area contributed by atoms with Crippen molar-refractivity contribution in [1.82, 2.24) is 0 Å². The van der Waals surface area contributed by atoms with Crippen LogP contribution in [0.15, 0.2) is 72.8 Å². The lowest BCUT2D eigenvalue weighted by Crippen LogP contribution is -2.47. The first-order valence-electron chi connectivity index (χ1n) is 10.7. The summed E-state index contributed by atoms with van der Waals surface area (Å²) in [7, 11) is 1.64. The number of anilines is 1. The molecule has 152 valence electrons. The van der Waals surface area contributed by atoms with Crippen LogP contribution < -0.4 is 10.1 Å². The predicted molar refractivity (Wildman–Crippen MR) is 120 cm³/mol. The average molecular weight is 398 g/mol. The number of ether oxygens (including phenoxy) is 1. The maximum Gasteiger partial charge on any atom is 0.228 e. The van der Waals surface area contributed by atoms with Crippen molar-refractivity contribution >= 4 is 11.6 Å². The number of hydrogen-bond donors (Lipinski definition) is 1. The van der Waals surface area contributed by atoms with E-state index in [-0.39, 0.29) is 29.6 Å². The first-order chi connectivity index (χ1) is 14.6. The zero-order valence-electron chi connectivity index (χ0n) is 17.6. The van der Waals surface area contributed by atoms with Crippen LogP contribution in [-0.2, 0) is 4.79 Å². The number of carbonyl (C=O) groups is 1. The van der Waals surface area contributed by atoms with Gasteiger partial charge in [-0.1, -0.05) is 74.5 Å². The van der Waals surface area contributed by atoms with Gasteiger partial charge in [0.1, 0.15) is 5.75 Å². The number of amides is 1. The van der Waals surface area contributed by atoms with Crippen LogP contribution in [0.5, 0.6) is 5.75 Å². The van der Waals surface area contributed by atoms with E-state index in [0.29, 0.717) is 11.7 Å². The summed E-state index contributed by atoms with van der Waals surface area (Å²) in [6.45, 7) is 4.50. The van der Waals surface area contributed by atoms with E-state index in [0.717, 1.165) is 5.69 Å². The summed E-state index contributed by atoms with van der Waals surface area (Å²) >= 11 is 0. The highest BCUT2D eigenvalue weighted by Gasteiger charge is 2.53. The van der Waals surface area contributed by atoms with Gasteiger partial charge in [0.05, 0.1) is 18.7 Å². The maximum absolute atomic E-state index is 13.8. The standard InChI is InChI=1S/C27H27NO2/c1-16(2)23-24-17-10-4-6-12-19(17)25(20-13-7-5-11-18(20)24)26(23)27(29)28-21-14-8-9-15-22(21)30-3/h4-16,23-26H,1-3H3,(H,28,29). The smallest absolute Gasteiger partial charge is 0.228 e. The van der Waals surface area contributed by atoms with E-state index in [1.807, 2.05) is 24.3 Å². The molecule has 0 fully saturated rings. The van der Waals surface area contributed by atoms with Crippen molar-refractivity contribution in [1.29, 1.82) is 0 Å². The van der Waals surface area contributed by atoms with E-state index >= 15 is 0 Å². The fraction of sp³-hybridized carbons (Fsp3) is 0.296. The number of fused-ring (bicyclic) bond motifs is 1. The van der Waals surface area contributed by atoms with Crippen molar-refractivity contribution < 1.29 is 9.53 Å². The van der Waals surface area contributed by atoms with Crippen molar-refractivity contribution in [3.63, 3.8) is 0 Å². The summed E-state index contributed by atoms with van der Waals surface area (Å²) in [4.78, 5) is 13.8. The van der Waals surface area contributed by atoms with Gasteiger partial charge < -0.3 is 10.1 Å². The van der Waals surface area contributed by atoms with Crippen LogP contribution >= 0.6 is 0 Å². The lowest BCUT2D eigenvalue weighted by Gasteiger charge is -2.51. The lowest BCUT2D eigenvalue weighted by atomic mass is 9.52. The van der Waals surface area contributed by atoms with E-state index in [2.05, 4.69) is 67.7 Å². The predicted octanol–water partition coefficient (Wildman–Crippen LogP) is 5.81. The summed E-state index contributed by atoms with van der Waals surface area (Å²) < 4.78 is 5.47. The maximum atomic E-state index is 13.8. The Morgan fingerprint density at radius 3 is 1.83 bits per heavy atom. The van der Waals surface area contributed by atoms with Crippen LogP contribution in [-0.4, -0.2) is 13.0 Å². The van der Waals surface area contributed by atoms with Crippen LogP contribution in [0.3, 0.4) is 0 Å². The number of para-hydroxylation sites is 2. The third-order valence-corrected chi connectivity index (χ3v) is 6.93. The van der Waals surface area contributed by atoms with Crippen LogP contribution in [0, 0.1) is 17.8 Å². The Kier molecular flexibility index (Phi) is 4.62. The molecule has 3 aromatic rings.